The van der Waals surface area contributed by atoms with Crippen molar-refractivity contribution in [2.24, 2.45) is 5.16 Å². The molecular weight excluding hydrogens is 351 g/mol. The summed E-state index contributed by atoms with van der Waals surface area (Å²) in [5.41, 5.74) is -0.163. The molecule has 26 heavy (non-hydrogen) atoms. The highest BCUT2D eigenvalue weighted by atomic mass is 19.4. The van der Waals surface area contributed by atoms with Crippen LogP contribution >= 0.6 is 0 Å². The van der Waals surface area contributed by atoms with E-state index in [0.717, 1.165) is 12.1 Å². The first kappa shape index (κ1) is 19.4. The largest absolute Gasteiger partial charge is 0.481 e. The third-order valence-electron chi connectivity index (χ3n) is 3.32. The number of halogens is 3. The van der Waals surface area contributed by atoms with E-state index in [9.17, 15) is 18.0 Å². The van der Waals surface area contributed by atoms with Crippen molar-refractivity contribution < 1.29 is 27.9 Å². The van der Waals surface area contributed by atoms with Crippen LogP contribution in [0, 0.1) is 0 Å². The molecule has 1 heterocycles. The second-order valence-corrected chi connectivity index (χ2v) is 5.30. The predicted octanol–water partition coefficient (Wildman–Crippen LogP) is 3.52. The van der Waals surface area contributed by atoms with Crippen molar-refractivity contribution in [3.8, 4) is 0 Å². The number of nitrogens with zero attached hydrogens (tertiary/aromatic N) is 3. The average molecular weight is 367 g/mol. The predicted molar refractivity (Wildman–Crippen MR) is 86.6 cm³/mol. The van der Waals surface area contributed by atoms with Crippen molar-refractivity contribution in [2.75, 3.05) is 6.61 Å². The molecule has 0 aliphatic heterocycles. The lowest BCUT2D eigenvalue weighted by Crippen LogP contribution is -2.11. The minimum Gasteiger partial charge on any atom is -0.481 e. The quantitative estimate of drug-likeness (QED) is 0.438. The second kappa shape index (κ2) is 8.93. The Morgan fingerprint density at radius 2 is 2.04 bits per heavy atom. The van der Waals surface area contributed by atoms with Crippen molar-refractivity contribution in [2.45, 2.75) is 25.4 Å². The number of aromatic nitrogens is 2. The standard InChI is InChI=1S/C17H16F3N3O3/c18-17(19,20)13-5-3-4-12(10-13)16(14-7-8-21-11-22-14)23-26-9-2-1-6-15(24)25/h3-5,7-8,10-11H,1-2,6,9H2,(H,24,25)/b23-16-. The van der Waals surface area contributed by atoms with Crippen LogP contribution in [0.5, 0.6) is 0 Å². The van der Waals surface area contributed by atoms with Gasteiger partial charge in [-0.2, -0.15) is 13.2 Å². The highest BCUT2D eigenvalue weighted by Crippen LogP contribution is 2.30. The average Bonchev–Trinajstić information content (AvgIpc) is 2.61. The van der Waals surface area contributed by atoms with Gasteiger partial charge in [0.1, 0.15) is 18.6 Å². The lowest BCUT2D eigenvalue weighted by molar-refractivity contribution is -0.138. The Balaban J connectivity index is 2.20. The van der Waals surface area contributed by atoms with Crippen molar-refractivity contribution in [1.29, 1.82) is 0 Å². The Kier molecular flexibility index (Phi) is 6.65. The number of benzene rings is 1. The van der Waals surface area contributed by atoms with Gasteiger partial charge in [-0.05, 0) is 31.0 Å². The van der Waals surface area contributed by atoms with Gasteiger partial charge in [-0.25, -0.2) is 9.97 Å². The summed E-state index contributed by atoms with van der Waals surface area (Å²) in [6, 6.07) is 6.20. The molecule has 0 aliphatic rings. The highest BCUT2D eigenvalue weighted by molar-refractivity contribution is 6.11. The molecule has 0 fully saturated rings. The van der Waals surface area contributed by atoms with Gasteiger partial charge in [-0.15, -0.1) is 0 Å². The molecule has 0 amide bonds. The number of unbranched alkanes of at least 4 members (excludes halogenated alkanes) is 1. The van der Waals surface area contributed by atoms with E-state index in [2.05, 4.69) is 15.1 Å². The van der Waals surface area contributed by atoms with Crippen LogP contribution in [0.4, 0.5) is 13.2 Å². The van der Waals surface area contributed by atoms with Crippen LogP contribution in [0.1, 0.15) is 36.1 Å². The molecule has 1 N–H and O–H groups in total. The van der Waals surface area contributed by atoms with Crippen molar-refractivity contribution in [3.05, 3.63) is 59.7 Å². The summed E-state index contributed by atoms with van der Waals surface area (Å²) in [7, 11) is 0. The molecule has 1 aromatic carbocycles. The van der Waals surface area contributed by atoms with Gasteiger partial charge >= 0.3 is 12.1 Å². The molecule has 138 valence electrons. The van der Waals surface area contributed by atoms with E-state index in [1.807, 2.05) is 0 Å². The maximum absolute atomic E-state index is 12.9. The maximum atomic E-state index is 12.9. The van der Waals surface area contributed by atoms with Gasteiger partial charge < -0.3 is 9.94 Å². The van der Waals surface area contributed by atoms with Crippen LogP contribution in [-0.4, -0.2) is 33.4 Å². The summed E-state index contributed by atoms with van der Waals surface area (Å²) in [6.07, 6.45) is -0.902. The molecule has 1 aromatic heterocycles. The zero-order valence-electron chi connectivity index (χ0n) is 13.6. The first-order valence-corrected chi connectivity index (χ1v) is 7.73. The number of aliphatic carboxylic acids is 1. The molecule has 9 heteroatoms. The van der Waals surface area contributed by atoms with E-state index in [1.165, 1.54) is 30.7 Å². The molecule has 0 aliphatic carbocycles. The molecule has 0 saturated heterocycles. The van der Waals surface area contributed by atoms with Crippen LogP contribution in [-0.2, 0) is 15.8 Å². The van der Waals surface area contributed by atoms with Gasteiger partial charge in [-0.3, -0.25) is 4.79 Å². The first-order chi connectivity index (χ1) is 12.4. The van der Waals surface area contributed by atoms with E-state index < -0.39 is 17.7 Å². The summed E-state index contributed by atoms with van der Waals surface area (Å²) in [4.78, 5) is 23.4. The summed E-state index contributed by atoms with van der Waals surface area (Å²) >= 11 is 0. The van der Waals surface area contributed by atoms with Crippen LogP contribution in [0.15, 0.2) is 48.0 Å². The second-order valence-electron chi connectivity index (χ2n) is 5.30. The number of carboxylic acids is 1. The minimum absolute atomic E-state index is 0.0134. The van der Waals surface area contributed by atoms with E-state index in [1.54, 1.807) is 0 Å². The van der Waals surface area contributed by atoms with Crippen molar-refractivity contribution in [3.63, 3.8) is 0 Å². The van der Waals surface area contributed by atoms with Gasteiger partial charge in [0.05, 0.1) is 11.3 Å². The van der Waals surface area contributed by atoms with Crippen molar-refractivity contribution in [1.82, 2.24) is 9.97 Å². The van der Waals surface area contributed by atoms with E-state index >= 15 is 0 Å². The zero-order valence-corrected chi connectivity index (χ0v) is 13.6. The number of alkyl halides is 3. The maximum Gasteiger partial charge on any atom is 0.416 e. The number of rotatable bonds is 8. The van der Waals surface area contributed by atoms with Gasteiger partial charge in [0, 0.05) is 18.2 Å². The minimum atomic E-state index is -4.48. The fourth-order valence-corrected chi connectivity index (χ4v) is 2.07. The fraction of sp³-hybridized carbons (Fsp3) is 0.294. The number of oxime groups is 1. The lowest BCUT2D eigenvalue weighted by Gasteiger charge is -2.10. The topological polar surface area (TPSA) is 84.7 Å². The number of hydrogen-bond acceptors (Lipinski definition) is 5. The van der Waals surface area contributed by atoms with Gasteiger partial charge in [0.2, 0.25) is 0 Å². The molecular formula is C17H16F3N3O3. The molecule has 2 aromatic rings. The Morgan fingerprint density at radius 3 is 2.69 bits per heavy atom. The van der Waals surface area contributed by atoms with Gasteiger partial charge in [-0.1, -0.05) is 17.3 Å². The summed E-state index contributed by atoms with van der Waals surface area (Å²) in [5, 5.41) is 12.5. The van der Waals surface area contributed by atoms with E-state index in [-0.39, 0.29) is 24.3 Å². The van der Waals surface area contributed by atoms with Gasteiger partial charge in [0.15, 0.2) is 0 Å². The third-order valence-corrected chi connectivity index (χ3v) is 3.32. The SMILES string of the molecule is O=C(O)CCCCO/N=C(/c1cccc(C(F)(F)F)c1)c1ccncn1. The molecule has 0 unspecified atom stereocenters. The van der Waals surface area contributed by atoms with Gasteiger partial charge in [0.25, 0.3) is 0 Å². The summed E-state index contributed by atoms with van der Waals surface area (Å²) in [6.45, 7) is 0.140. The smallest absolute Gasteiger partial charge is 0.416 e. The molecule has 2 rings (SSSR count). The molecule has 6 nitrogen and oxygen atoms in total. The summed E-state index contributed by atoms with van der Waals surface area (Å²) in [5.74, 6) is -0.904. The first-order valence-electron chi connectivity index (χ1n) is 7.73. The third kappa shape index (κ3) is 5.83. The Bertz CT molecular complexity index is 765. The Labute approximate surface area is 147 Å². The van der Waals surface area contributed by atoms with E-state index in [0.29, 0.717) is 18.5 Å². The van der Waals surface area contributed by atoms with Crippen molar-refractivity contribution >= 4 is 11.7 Å². The molecule has 0 bridgehead atoms. The molecule has 0 atom stereocenters. The number of hydrogen-bond donors (Lipinski definition) is 1. The van der Waals surface area contributed by atoms with Crippen LogP contribution in [0.2, 0.25) is 0 Å². The molecule has 0 saturated carbocycles. The summed E-state index contributed by atoms with van der Waals surface area (Å²) < 4.78 is 38.8. The number of carbonyl (C=O) groups is 1. The lowest BCUT2D eigenvalue weighted by atomic mass is 10.0. The van der Waals surface area contributed by atoms with E-state index in [4.69, 9.17) is 9.94 Å². The Hall–Kier alpha value is -2.97. The monoisotopic (exact) mass is 367 g/mol. The zero-order chi connectivity index (χ0) is 19.0. The normalized spacial score (nSPS) is 12.0. The molecule has 0 radical (unpaired) electrons. The highest BCUT2D eigenvalue weighted by Gasteiger charge is 2.30. The Morgan fingerprint density at radius 1 is 1.23 bits per heavy atom. The fourth-order valence-electron chi connectivity index (χ4n) is 2.07. The van der Waals surface area contributed by atoms with Crippen LogP contribution in [0.3, 0.4) is 0 Å². The van der Waals surface area contributed by atoms with Crippen LogP contribution < -0.4 is 0 Å². The van der Waals surface area contributed by atoms with Crippen LogP contribution in [0.25, 0.3) is 0 Å². The number of carboxylic acid groups (broad SMARTS) is 1. The molecule has 0 spiro atoms.